The van der Waals surface area contributed by atoms with Crippen molar-refractivity contribution in [2.24, 2.45) is 4.99 Å². The van der Waals surface area contributed by atoms with Crippen LogP contribution < -0.4 is 5.56 Å². The number of nitrogens with zero attached hydrogens (tertiary/aromatic N) is 3. The van der Waals surface area contributed by atoms with Crippen LogP contribution in [0.1, 0.15) is 16.8 Å². The normalized spacial score (nSPS) is 11.3. The molecule has 2 heterocycles. The summed E-state index contributed by atoms with van der Waals surface area (Å²) in [5.74, 6) is -0.127. The highest BCUT2D eigenvalue weighted by Crippen LogP contribution is 2.26. The van der Waals surface area contributed by atoms with Crippen molar-refractivity contribution in [3.05, 3.63) is 100 Å². The average Bonchev–Trinajstić information content (AvgIpc) is 2.73. The summed E-state index contributed by atoms with van der Waals surface area (Å²) in [4.78, 5) is 21.7. The topological polar surface area (TPSA) is 67.5 Å². The second kappa shape index (κ2) is 7.48. The maximum atomic E-state index is 13.0. The number of aromatic hydroxyl groups is 1. The summed E-state index contributed by atoms with van der Waals surface area (Å²) in [5, 5.41) is 12.1. The van der Waals surface area contributed by atoms with Crippen molar-refractivity contribution >= 4 is 17.0 Å². The Bertz CT molecular complexity index is 1210. The van der Waals surface area contributed by atoms with E-state index in [4.69, 9.17) is 0 Å². The van der Waals surface area contributed by atoms with Gasteiger partial charge < -0.3 is 5.11 Å². The third kappa shape index (κ3) is 3.30. The highest BCUT2D eigenvalue weighted by atomic mass is 16.3. The van der Waals surface area contributed by atoms with Gasteiger partial charge >= 0.3 is 0 Å². The molecule has 0 radical (unpaired) electrons. The molecule has 0 spiro atoms. The van der Waals surface area contributed by atoms with Crippen molar-refractivity contribution in [1.82, 2.24) is 9.55 Å². The van der Waals surface area contributed by atoms with E-state index in [0.717, 1.165) is 11.3 Å². The molecule has 2 aromatic heterocycles. The van der Waals surface area contributed by atoms with E-state index >= 15 is 0 Å². The second-order valence-electron chi connectivity index (χ2n) is 6.55. The summed E-state index contributed by atoms with van der Waals surface area (Å²) in [6.07, 6.45) is 3.33. The molecule has 138 valence electrons. The third-order valence-electron chi connectivity index (χ3n) is 4.60. The van der Waals surface area contributed by atoms with E-state index in [-0.39, 0.29) is 11.4 Å². The monoisotopic (exact) mass is 369 g/mol. The van der Waals surface area contributed by atoms with Crippen LogP contribution in [0.2, 0.25) is 0 Å². The zero-order chi connectivity index (χ0) is 19.5. The van der Waals surface area contributed by atoms with Gasteiger partial charge in [-0.15, -0.1) is 0 Å². The molecule has 4 rings (SSSR count). The fourth-order valence-corrected chi connectivity index (χ4v) is 3.14. The molecule has 5 nitrogen and oxygen atoms in total. The number of rotatable bonds is 4. The summed E-state index contributed by atoms with van der Waals surface area (Å²) in [5.41, 5.74) is 2.76. The number of aryl methyl sites for hydroxylation is 1. The number of hydrogen-bond acceptors (Lipinski definition) is 4. The van der Waals surface area contributed by atoms with E-state index < -0.39 is 0 Å². The molecule has 0 amide bonds. The molecule has 0 aliphatic rings. The lowest BCUT2D eigenvalue weighted by molar-refractivity contribution is 0.436. The molecule has 28 heavy (non-hydrogen) atoms. The second-order valence-corrected chi connectivity index (χ2v) is 6.55. The van der Waals surface area contributed by atoms with E-state index in [0.29, 0.717) is 28.6 Å². The molecule has 0 fully saturated rings. The lowest BCUT2D eigenvalue weighted by atomic mass is 10.1. The number of benzene rings is 2. The van der Waals surface area contributed by atoms with E-state index in [9.17, 15) is 9.90 Å². The van der Waals surface area contributed by atoms with Gasteiger partial charge in [0.05, 0.1) is 23.5 Å². The van der Waals surface area contributed by atoms with Crippen molar-refractivity contribution in [1.29, 1.82) is 0 Å². The van der Waals surface area contributed by atoms with E-state index in [1.54, 1.807) is 18.5 Å². The van der Waals surface area contributed by atoms with Gasteiger partial charge in [-0.25, -0.2) is 4.57 Å². The van der Waals surface area contributed by atoms with Crippen molar-refractivity contribution < 1.29 is 5.11 Å². The van der Waals surface area contributed by atoms with Gasteiger partial charge in [0, 0.05) is 23.2 Å². The van der Waals surface area contributed by atoms with Gasteiger partial charge in [0.2, 0.25) is 5.88 Å². The Hall–Kier alpha value is -3.73. The Morgan fingerprint density at radius 1 is 1.00 bits per heavy atom. The Labute approximate surface area is 162 Å². The molecule has 0 bridgehead atoms. The van der Waals surface area contributed by atoms with Crippen molar-refractivity contribution in [2.45, 2.75) is 13.5 Å². The smallest absolute Gasteiger partial charge is 0.265 e. The summed E-state index contributed by atoms with van der Waals surface area (Å²) < 4.78 is 1.32. The first-order valence-electron chi connectivity index (χ1n) is 8.98. The summed E-state index contributed by atoms with van der Waals surface area (Å²) in [6, 6.07) is 20.3. The maximum absolute atomic E-state index is 13.0. The van der Waals surface area contributed by atoms with Crippen LogP contribution in [-0.2, 0) is 6.54 Å². The van der Waals surface area contributed by atoms with Gasteiger partial charge in [-0.3, -0.25) is 14.8 Å². The molecule has 0 saturated carbocycles. The predicted octanol–water partition coefficient (Wildman–Crippen LogP) is 4.02. The number of pyridine rings is 2. The van der Waals surface area contributed by atoms with Gasteiger partial charge in [0.25, 0.3) is 5.56 Å². The number of hydrogen-bond donors (Lipinski definition) is 1. The largest absolute Gasteiger partial charge is 0.494 e. The van der Waals surface area contributed by atoms with E-state index in [2.05, 4.69) is 9.98 Å². The average molecular weight is 369 g/mol. The summed E-state index contributed by atoms with van der Waals surface area (Å²) in [7, 11) is 0. The van der Waals surface area contributed by atoms with Crippen LogP contribution in [0.15, 0.2) is 82.7 Å². The van der Waals surface area contributed by atoms with Crippen molar-refractivity contribution in [2.75, 3.05) is 0 Å². The summed E-state index contributed by atoms with van der Waals surface area (Å²) in [6.45, 7) is 2.36. The predicted molar refractivity (Wildman–Crippen MR) is 111 cm³/mol. The third-order valence-corrected chi connectivity index (χ3v) is 4.60. The molecule has 1 N–H and O–H groups in total. The van der Waals surface area contributed by atoms with Gasteiger partial charge in [0.15, 0.2) is 0 Å². The molecular formula is C23H19N3O2. The van der Waals surface area contributed by atoms with Gasteiger partial charge in [-0.05, 0) is 37.3 Å². The van der Waals surface area contributed by atoms with Gasteiger partial charge in [-0.1, -0.05) is 42.0 Å². The minimum Gasteiger partial charge on any atom is -0.494 e. The molecule has 0 unspecified atom stereocenters. The minimum absolute atomic E-state index is 0.127. The molecule has 5 heteroatoms. The first-order chi connectivity index (χ1) is 13.6. The van der Waals surface area contributed by atoms with Crippen molar-refractivity contribution in [3.63, 3.8) is 0 Å². The summed E-state index contributed by atoms with van der Waals surface area (Å²) >= 11 is 0. The van der Waals surface area contributed by atoms with Gasteiger partial charge in [-0.2, -0.15) is 0 Å². The lowest BCUT2D eigenvalue weighted by Gasteiger charge is -2.14. The molecule has 0 atom stereocenters. The van der Waals surface area contributed by atoms with Crippen LogP contribution in [0.3, 0.4) is 0 Å². The van der Waals surface area contributed by atoms with E-state index in [1.807, 2.05) is 67.6 Å². The highest BCUT2D eigenvalue weighted by molar-refractivity contribution is 6.01. The molecule has 2 aromatic carbocycles. The fourth-order valence-electron chi connectivity index (χ4n) is 3.14. The molecule has 0 aliphatic heterocycles. The van der Waals surface area contributed by atoms with Crippen LogP contribution in [0, 0.1) is 6.92 Å². The van der Waals surface area contributed by atoms with Crippen LogP contribution >= 0.6 is 0 Å². The maximum Gasteiger partial charge on any atom is 0.265 e. The SMILES string of the molecule is Cc1ccc(-n2c(O)c(C=NCc3ccccn3)c3ccccc3c2=O)cc1. The number of aromatic nitrogens is 2. The van der Waals surface area contributed by atoms with Crippen LogP contribution in [0.4, 0.5) is 0 Å². The Kier molecular flexibility index (Phi) is 4.72. The fraction of sp³-hybridized carbons (Fsp3) is 0.0870. The van der Waals surface area contributed by atoms with E-state index in [1.165, 1.54) is 4.57 Å². The number of fused-ring (bicyclic) bond motifs is 1. The Morgan fingerprint density at radius 2 is 1.71 bits per heavy atom. The van der Waals surface area contributed by atoms with Crippen LogP contribution in [0.5, 0.6) is 5.88 Å². The van der Waals surface area contributed by atoms with Gasteiger partial charge in [0.1, 0.15) is 0 Å². The molecular weight excluding hydrogens is 350 g/mol. The highest BCUT2D eigenvalue weighted by Gasteiger charge is 2.16. The first-order valence-corrected chi connectivity index (χ1v) is 8.98. The van der Waals surface area contributed by atoms with Crippen LogP contribution in [-0.4, -0.2) is 20.9 Å². The molecule has 0 saturated heterocycles. The first kappa shape index (κ1) is 17.7. The zero-order valence-corrected chi connectivity index (χ0v) is 15.4. The van der Waals surface area contributed by atoms with Crippen LogP contribution in [0.25, 0.3) is 16.5 Å². The quantitative estimate of drug-likeness (QED) is 0.553. The number of aliphatic imine (C=N–C) groups is 1. The molecule has 0 aliphatic carbocycles. The standard InChI is InChI=1S/C23H19N3O2/c1-16-9-11-18(12-10-16)26-22(27)20-8-3-2-7-19(20)21(23(26)28)15-24-14-17-6-4-5-13-25-17/h2-13,15,28H,14H2,1H3. The lowest BCUT2D eigenvalue weighted by Crippen LogP contribution is -2.20. The zero-order valence-electron chi connectivity index (χ0n) is 15.4. The Balaban J connectivity index is 1.87. The van der Waals surface area contributed by atoms with Crippen molar-refractivity contribution in [3.8, 4) is 11.6 Å². The molecule has 4 aromatic rings. The minimum atomic E-state index is -0.265. The Morgan fingerprint density at radius 3 is 2.43 bits per heavy atom.